The van der Waals surface area contributed by atoms with Gasteiger partial charge in [0.05, 0.1) is 10.4 Å². The van der Waals surface area contributed by atoms with Gasteiger partial charge < -0.3 is 0 Å². The average molecular weight is 341 g/mol. The molecule has 0 amide bonds. The Balaban J connectivity index is 1.68. The first-order chi connectivity index (χ1) is 11.5. The van der Waals surface area contributed by atoms with Crippen LogP contribution in [0.15, 0.2) is 71.6 Å². The van der Waals surface area contributed by atoms with Crippen LogP contribution in [0, 0.1) is 5.82 Å². The predicted octanol–water partition coefficient (Wildman–Crippen LogP) is 3.95. The number of fused-ring (bicyclic) bond motifs is 1. The summed E-state index contributed by atoms with van der Waals surface area (Å²) in [6, 6.07) is 18.7. The fraction of sp³-hybridized carbons (Fsp3) is 0.158. The molecular formula is C19H16FNO2S. The molecule has 3 aromatic rings. The van der Waals surface area contributed by atoms with E-state index in [0.29, 0.717) is 12.8 Å². The molecule has 0 saturated heterocycles. The minimum atomic E-state index is -3.65. The van der Waals surface area contributed by atoms with Crippen LogP contribution in [0.3, 0.4) is 0 Å². The monoisotopic (exact) mass is 341 g/mol. The molecule has 3 aromatic carbocycles. The van der Waals surface area contributed by atoms with Gasteiger partial charge in [-0.2, -0.15) is 0 Å². The predicted molar refractivity (Wildman–Crippen MR) is 91.6 cm³/mol. The highest BCUT2D eigenvalue weighted by molar-refractivity contribution is 7.89. The summed E-state index contributed by atoms with van der Waals surface area (Å²) in [5.41, 5.74) is 0.186. The summed E-state index contributed by atoms with van der Waals surface area (Å²) >= 11 is 0. The third-order valence-corrected chi connectivity index (χ3v) is 6.04. The van der Waals surface area contributed by atoms with E-state index in [1.54, 1.807) is 30.3 Å². The molecule has 122 valence electrons. The van der Waals surface area contributed by atoms with Crippen molar-refractivity contribution in [1.29, 1.82) is 0 Å². The molecule has 4 rings (SSSR count). The molecule has 1 aliphatic rings. The summed E-state index contributed by atoms with van der Waals surface area (Å²) in [7, 11) is -3.65. The zero-order valence-corrected chi connectivity index (χ0v) is 13.7. The van der Waals surface area contributed by atoms with Crippen LogP contribution in [0.2, 0.25) is 0 Å². The number of hydrogen-bond acceptors (Lipinski definition) is 2. The molecule has 24 heavy (non-hydrogen) atoms. The van der Waals surface area contributed by atoms with E-state index in [0.717, 1.165) is 16.3 Å². The molecule has 0 radical (unpaired) electrons. The Labute approximate surface area is 140 Å². The van der Waals surface area contributed by atoms with Crippen molar-refractivity contribution >= 4 is 20.8 Å². The van der Waals surface area contributed by atoms with E-state index < -0.39 is 15.6 Å². The maximum absolute atomic E-state index is 13.1. The highest BCUT2D eigenvalue weighted by Crippen LogP contribution is 2.46. The molecule has 5 heteroatoms. The second-order valence-electron chi connectivity index (χ2n) is 6.20. The highest BCUT2D eigenvalue weighted by Gasteiger charge is 2.47. The largest absolute Gasteiger partial charge is 0.241 e. The lowest BCUT2D eigenvalue weighted by molar-refractivity contribution is 0.551. The van der Waals surface area contributed by atoms with E-state index >= 15 is 0 Å². The van der Waals surface area contributed by atoms with Gasteiger partial charge >= 0.3 is 0 Å². The van der Waals surface area contributed by atoms with Crippen molar-refractivity contribution in [2.75, 3.05) is 0 Å². The van der Waals surface area contributed by atoms with Crippen LogP contribution in [0.5, 0.6) is 0 Å². The zero-order valence-electron chi connectivity index (χ0n) is 12.9. The van der Waals surface area contributed by atoms with Crippen molar-refractivity contribution in [3.63, 3.8) is 0 Å². The molecule has 0 atom stereocenters. The molecule has 1 saturated carbocycles. The van der Waals surface area contributed by atoms with Crippen LogP contribution in [-0.2, 0) is 15.6 Å². The van der Waals surface area contributed by atoms with Crippen LogP contribution in [0.1, 0.15) is 18.4 Å². The Morgan fingerprint density at radius 3 is 2.21 bits per heavy atom. The number of halogens is 1. The summed E-state index contributed by atoms with van der Waals surface area (Å²) < 4.78 is 41.5. The van der Waals surface area contributed by atoms with Crippen molar-refractivity contribution < 1.29 is 12.8 Å². The summed E-state index contributed by atoms with van der Waals surface area (Å²) in [5.74, 6) is -0.327. The van der Waals surface area contributed by atoms with Gasteiger partial charge in [0.25, 0.3) is 0 Å². The molecular weight excluding hydrogens is 325 g/mol. The van der Waals surface area contributed by atoms with Gasteiger partial charge in [-0.05, 0) is 53.4 Å². The Bertz CT molecular complexity index is 1010. The van der Waals surface area contributed by atoms with Gasteiger partial charge in [-0.3, -0.25) is 0 Å². The summed E-state index contributed by atoms with van der Waals surface area (Å²) in [6.45, 7) is 0. The summed E-state index contributed by atoms with van der Waals surface area (Å²) in [4.78, 5) is 0.245. The normalized spacial score (nSPS) is 16.2. The average Bonchev–Trinajstić information content (AvgIpc) is 3.35. The number of hydrogen-bond donors (Lipinski definition) is 1. The van der Waals surface area contributed by atoms with Crippen molar-refractivity contribution in [2.45, 2.75) is 23.3 Å². The first-order valence-electron chi connectivity index (χ1n) is 7.77. The van der Waals surface area contributed by atoms with E-state index in [1.165, 1.54) is 12.1 Å². The van der Waals surface area contributed by atoms with Crippen LogP contribution >= 0.6 is 0 Å². The number of sulfonamides is 1. The Kier molecular flexibility index (Phi) is 3.44. The van der Waals surface area contributed by atoms with Gasteiger partial charge in [-0.15, -0.1) is 0 Å². The van der Waals surface area contributed by atoms with Crippen LogP contribution in [-0.4, -0.2) is 8.42 Å². The Morgan fingerprint density at radius 2 is 1.54 bits per heavy atom. The summed E-state index contributed by atoms with van der Waals surface area (Å²) in [6.07, 6.45) is 1.43. The number of rotatable bonds is 4. The topological polar surface area (TPSA) is 46.2 Å². The fourth-order valence-electron chi connectivity index (χ4n) is 2.99. The van der Waals surface area contributed by atoms with Crippen molar-refractivity contribution in [1.82, 2.24) is 4.72 Å². The first kappa shape index (κ1) is 15.3. The van der Waals surface area contributed by atoms with E-state index in [-0.39, 0.29) is 10.7 Å². The Hall–Kier alpha value is -2.24. The van der Waals surface area contributed by atoms with Crippen LogP contribution in [0.25, 0.3) is 10.8 Å². The molecule has 0 aliphatic heterocycles. The van der Waals surface area contributed by atoms with E-state index in [9.17, 15) is 12.8 Å². The molecule has 0 bridgehead atoms. The molecule has 1 fully saturated rings. The SMILES string of the molecule is O=S(=O)(NC1(c2ccc(F)cc2)CC1)c1ccc2ccccc2c1. The second kappa shape index (κ2) is 5.40. The number of benzene rings is 3. The van der Waals surface area contributed by atoms with Gasteiger partial charge in [0.1, 0.15) is 5.82 Å². The molecule has 1 N–H and O–H groups in total. The second-order valence-corrected chi connectivity index (χ2v) is 7.89. The highest BCUT2D eigenvalue weighted by atomic mass is 32.2. The van der Waals surface area contributed by atoms with Gasteiger partial charge in [0.15, 0.2) is 0 Å². The van der Waals surface area contributed by atoms with Gasteiger partial charge in [0, 0.05) is 0 Å². The molecule has 3 nitrogen and oxygen atoms in total. The third-order valence-electron chi connectivity index (χ3n) is 4.51. The van der Waals surface area contributed by atoms with Crippen LogP contribution in [0.4, 0.5) is 4.39 Å². The van der Waals surface area contributed by atoms with Gasteiger partial charge in [-0.25, -0.2) is 17.5 Å². The fourth-order valence-corrected chi connectivity index (χ4v) is 4.48. The number of nitrogens with one attached hydrogen (secondary N) is 1. The molecule has 0 unspecified atom stereocenters. The molecule has 1 aliphatic carbocycles. The molecule has 0 heterocycles. The van der Waals surface area contributed by atoms with Gasteiger partial charge in [0.2, 0.25) is 10.0 Å². The van der Waals surface area contributed by atoms with E-state index in [1.807, 2.05) is 24.3 Å². The quantitative estimate of drug-likeness (QED) is 0.781. The lowest BCUT2D eigenvalue weighted by Crippen LogP contribution is -2.34. The molecule has 0 spiro atoms. The third kappa shape index (κ3) is 2.70. The maximum atomic E-state index is 13.1. The molecule has 0 aromatic heterocycles. The van der Waals surface area contributed by atoms with Crippen molar-refractivity contribution in [2.24, 2.45) is 0 Å². The lowest BCUT2D eigenvalue weighted by Gasteiger charge is -2.18. The van der Waals surface area contributed by atoms with Gasteiger partial charge in [-0.1, -0.05) is 42.5 Å². The minimum Gasteiger partial charge on any atom is -0.207 e. The maximum Gasteiger partial charge on any atom is 0.241 e. The smallest absolute Gasteiger partial charge is 0.207 e. The first-order valence-corrected chi connectivity index (χ1v) is 9.26. The van der Waals surface area contributed by atoms with E-state index in [4.69, 9.17) is 0 Å². The van der Waals surface area contributed by atoms with Crippen molar-refractivity contribution in [3.05, 3.63) is 78.1 Å². The Morgan fingerprint density at radius 1 is 0.875 bits per heavy atom. The van der Waals surface area contributed by atoms with E-state index in [2.05, 4.69) is 4.72 Å². The standard InChI is InChI=1S/C19H16FNO2S/c20-17-8-6-16(7-9-17)19(11-12-19)21-24(22,23)18-10-5-14-3-1-2-4-15(14)13-18/h1-10,13,21H,11-12H2. The van der Waals surface area contributed by atoms with Crippen LogP contribution < -0.4 is 4.72 Å². The zero-order chi connectivity index (χ0) is 16.8. The lowest BCUT2D eigenvalue weighted by atomic mass is 10.1. The minimum absolute atomic E-state index is 0.245. The van der Waals surface area contributed by atoms with Crippen molar-refractivity contribution in [3.8, 4) is 0 Å². The summed E-state index contributed by atoms with van der Waals surface area (Å²) in [5, 5.41) is 1.88.